The van der Waals surface area contributed by atoms with E-state index in [4.69, 9.17) is 9.40 Å². The molecule has 8 heteroatoms. The number of anilines is 2. The van der Waals surface area contributed by atoms with Crippen LogP contribution in [-0.4, -0.2) is 26.4 Å². The monoisotopic (exact) mass is 453 g/mol. The molecule has 0 bridgehead atoms. The number of benzene rings is 2. The van der Waals surface area contributed by atoms with E-state index >= 15 is 0 Å². The van der Waals surface area contributed by atoms with E-state index in [1.807, 2.05) is 42.6 Å². The Morgan fingerprint density at radius 3 is 2.41 bits per heavy atom. The Kier molecular flexibility index (Phi) is 5.55. The van der Waals surface area contributed by atoms with Crippen LogP contribution in [0.2, 0.25) is 0 Å². The lowest BCUT2D eigenvalue weighted by Crippen LogP contribution is -2.14. The Morgan fingerprint density at radius 2 is 1.68 bits per heavy atom. The van der Waals surface area contributed by atoms with E-state index in [9.17, 15) is 9.59 Å². The molecular weight excluding hydrogens is 430 g/mol. The topological polar surface area (TPSA) is 102 Å². The highest BCUT2D eigenvalue weighted by atomic mass is 16.3. The molecule has 0 aliphatic carbocycles. The van der Waals surface area contributed by atoms with Gasteiger partial charge >= 0.3 is 0 Å². The van der Waals surface area contributed by atoms with Gasteiger partial charge in [-0.15, -0.1) is 0 Å². The van der Waals surface area contributed by atoms with Crippen LogP contribution in [0, 0.1) is 13.8 Å². The molecule has 2 aromatic carbocycles. The largest absolute Gasteiger partial charge is 0.459 e. The number of hydrogen-bond donors (Lipinski definition) is 2. The van der Waals surface area contributed by atoms with Gasteiger partial charge in [-0.2, -0.15) is 5.10 Å². The second kappa shape index (κ2) is 8.82. The normalized spacial score (nSPS) is 11.1. The zero-order chi connectivity index (χ0) is 23.7. The smallest absolute Gasteiger partial charge is 0.291 e. The summed E-state index contributed by atoms with van der Waals surface area (Å²) in [5, 5.41) is 11.3. The Morgan fingerprint density at radius 1 is 0.941 bits per heavy atom. The molecule has 0 aliphatic rings. The fraction of sp³-hybridized carbons (Fsp3) is 0.154. The number of hydrogen-bond acceptors (Lipinski definition) is 5. The first-order chi connectivity index (χ1) is 16.5. The lowest BCUT2D eigenvalue weighted by atomic mass is 10.1. The predicted octanol–water partition coefficient (Wildman–Crippen LogP) is 4.92. The summed E-state index contributed by atoms with van der Waals surface area (Å²) in [6.45, 7) is 3.98. The molecule has 0 atom stereocenters. The quantitative estimate of drug-likeness (QED) is 0.380. The number of carbonyl (C=O) groups excluding carboxylic acids is 2. The zero-order valence-corrected chi connectivity index (χ0v) is 18.8. The van der Waals surface area contributed by atoms with E-state index in [0.29, 0.717) is 24.2 Å². The third-order valence-electron chi connectivity index (χ3n) is 5.79. The van der Waals surface area contributed by atoms with Crippen LogP contribution < -0.4 is 10.6 Å². The molecule has 0 saturated carbocycles. The Balaban J connectivity index is 1.24. The van der Waals surface area contributed by atoms with Crippen molar-refractivity contribution in [2.24, 2.45) is 0 Å². The maximum absolute atomic E-state index is 12.6. The van der Waals surface area contributed by atoms with Gasteiger partial charge in [0.2, 0.25) is 5.91 Å². The van der Waals surface area contributed by atoms with Gasteiger partial charge in [0.15, 0.2) is 11.4 Å². The average molecular weight is 454 g/mol. The first-order valence-electron chi connectivity index (χ1n) is 11.0. The predicted molar refractivity (Wildman–Crippen MR) is 130 cm³/mol. The Labute approximate surface area is 195 Å². The number of aromatic nitrogens is 3. The molecule has 5 aromatic rings. The number of nitrogens with one attached hydrogen (secondary N) is 2. The van der Waals surface area contributed by atoms with Crippen molar-refractivity contribution in [1.29, 1.82) is 0 Å². The van der Waals surface area contributed by atoms with Crippen LogP contribution in [0.4, 0.5) is 11.4 Å². The number of nitrogens with zero attached hydrogens (tertiary/aromatic N) is 3. The molecule has 0 radical (unpaired) electrons. The van der Waals surface area contributed by atoms with Crippen LogP contribution in [0.5, 0.6) is 0 Å². The van der Waals surface area contributed by atoms with Crippen molar-refractivity contribution >= 4 is 39.7 Å². The van der Waals surface area contributed by atoms with Crippen molar-refractivity contribution in [3.63, 3.8) is 0 Å². The summed E-state index contributed by atoms with van der Waals surface area (Å²) < 4.78 is 6.95. The molecule has 3 aromatic heterocycles. The Bertz CT molecular complexity index is 1500. The molecule has 0 spiro atoms. The summed E-state index contributed by atoms with van der Waals surface area (Å²) in [6, 6.07) is 18.1. The van der Waals surface area contributed by atoms with Gasteiger partial charge in [-0.3, -0.25) is 9.59 Å². The van der Waals surface area contributed by atoms with Crippen molar-refractivity contribution in [1.82, 2.24) is 14.6 Å². The SMILES string of the molecule is Cc1nc2c3ccccc3nn2c(C)c1CCC(=O)Nc1ccc(NC(=O)c2ccco2)cc1. The first kappa shape index (κ1) is 21.4. The van der Waals surface area contributed by atoms with E-state index in [1.165, 1.54) is 6.26 Å². The second-order valence-corrected chi connectivity index (χ2v) is 8.07. The maximum atomic E-state index is 12.6. The lowest BCUT2D eigenvalue weighted by molar-refractivity contribution is -0.116. The molecule has 170 valence electrons. The number of rotatable bonds is 6. The molecule has 2 amide bonds. The van der Waals surface area contributed by atoms with E-state index < -0.39 is 0 Å². The fourth-order valence-corrected chi connectivity index (χ4v) is 4.04. The lowest BCUT2D eigenvalue weighted by Gasteiger charge is -2.11. The maximum Gasteiger partial charge on any atom is 0.291 e. The van der Waals surface area contributed by atoms with E-state index in [1.54, 1.807) is 36.4 Å². The third kappa shape index (κ3) is 4.13. The van der Waals surface area contributed by atoms with Gasteiger partial charge in [-0.05, 0) is 74.4 Å². The molecule has 0 fully saturated rings. The van der Waals surface area contributed by atoms with Gasteiger partial charge < -0.3 is 15.1 Å². The van der Waals surface area contributed by atoms with Gasteiger partial charge in [0.05, 0.1) is 11.8 Å². The van der Waals surface area contributed by atoms with Crippen LogP contribution >= 0.6 is 0 Å². The van der Waals surface area contributed by atoms with Crippen LogP contribution in [0.3, 0.4) is 0 Å². The summed E-state index contributed by atoms with van der Waals surface area (Å²) in [7, 11) is 0. The number of fused-ring (bicyclic) bond motifs is 3. The number of aryl methyl sites for hydroxylation is 2. The van der Waals surface area contributed by atoms with Gasteiger partial charge in [0.25, 0.3) is 5.91 Å². The number of amides is 2. The first-order valence-corrected chi connectivity index (χ1v) is 11.0. The summed E-state index contributed by atoms with van der Waals surface area (Å²) >= 11 is 0. The molecule has 0 unspecified atom stereocenters. The minimum atomic E-state index is -0.330. The molecule has 2 N–H and O–H groups in total. The fourth-order valence-electron chi connectivity index (χ4n) is 4.04. The van der Waals surface area contributed by atoms with E-state index in [-0.39, 0.29) is 17.6 Å². The van der Waals surface area contributed by atoms with Crippen molar-refractivity contribution in [2.75, 3.05) is 10.6 Å². The highest BCUT2D eigenvalue weighted by Gasteiger charge is 2.15. The third-order valence-corrected chi connectivity index (χ3v) is 5.79. The van der Waals surface area contributed by atoms with Crippen molar-refractivity contribution in [3.05, 3.63) is 89.6 Å². The summed E-state index contributed by atoms with van der Waals surface area (Å²) in [5.74, 6) is -0.195. The van der Waals surface area contributed by atoms with Crippen molar-refractivity contribution in [3.8, 4) is 0 Å². The molecule has 3 heterocycles. The number of furan rings is 1. The minimum absolute atomic E-state index is 0.100. The molecule has 8 nitrogen and oxygen atoms in total. The second-order valence-electron chi connectivity index (χ2n) is 8.07. The molecule has 34 heavy (non-hydrogen) atoms. The number of carbonyl (C=O) groups is 2. The van der Waals surface area contributed by atoms with Gasteiger partial charge in [0, 0.05) is 34.6 Å². The zero-order valence-electron chi connectivity index (χ0n) is 18.8. The molecule has 0 aliphatic heterocycles. The molecule has 5 rings (SSSR count). The summed E-state index contributed by atoms with van der Waals surface area (Å²) in [6.07, 6.45) is 2.31. The van der Waals surface area contributed by atoms with Crippen LogP contribution in [-0.2, 0) is 11.2 Å². The van der Waals surface area contributed by atoms with Crippen LogP contribution in [0.1, 0.15) is 33.9 Å². The van der Waals surface area contributed by atoms with Gasteiger partial charge in [-0.25, -0.2) is 9.50 Å². The van der Waals surface area contributed by atoms with Gasteiger partial charge in [0.1, 0.15) is 0 Å². The van der Waals surface area contributed by atoms with Crippen molar-refractivity contribution < 1.29 is 14.0 Å². The van der Waals surface area contributed by atoms with Gasteiger partial charge in [-0.1, -0.05) is 12.1 Å². The average Bonchev–Trinajstić information content (AvgIpc) is 3.49. The molecule has 0 saturated heterocycles. The highest BCUT2D eigenvalue weighted by molar-refractivity contribution is 6.02. The van der Waals surface area contributed by atoms with E-state index in [2.05, 4.69) is 15.7 Å². The van der Waals surface area contributed by atoms with Crippen LogP contribution in [0.25, 0.3) is 16.6 Å². The Hall–Kier alpha value is -4.46. The summed E-state index contributed by atoms with van der Waals surface area (Å²) in [4.78, 5) is 29.4. The molecular formula is C26H23N5O3. The van der Waals surface area contributed by atoms with Crippen molar-refractivity contribution in [2.45, 2.75) is 26.7 Å². The van der Waals surface area contributed by atoms with Crippen LogP contribution in [0.15, 0.2) is 71.3 Å². The standard InChI is InChI=1S/C26H23N5O3/c1-16-20(17(2)31-25(27-16)21-6-3-4-7-22(21)30-31)13-14-24(32)28-18-9-11-19(12-10-18)29-26(33)23-8-5-15-34-23/h3-12,15H,13-14H2,1-2H3,(H,28,32)(H,29,33). The highest BCUT2D eigenvalue weighted by Crippen LogP contribution is 2.23. The van der Waals surface area contributed by atoms with E-state index in [0.717, 1.165) is 33.5 Å². The summed E-state index contributed by atoms with van der Waals surface area (Å²) in [5.41, 5.74) is 5.90. The minimum Gasteiger partial charge on any atom is -0.459 e.